The van der Waals surface area contributed by atoms with Gasteiger partial charge in [-0.15, -0.1) is 23.7 Å². The second-order valence-corrected chi connectivity index (χ2v) is 14.1. The van der Waals surface area contributed by atoms with Crippen LogP contribution in [0, 0.1) is 17.6 Å². The van der Waals surface area contributed by atoms with Crippen molar-refractivity contribution in [3.8, 4) is 10.4 Å². The van der Waals surface area contributed by atoms with E-state index in [1.54, 1.807) is 44.4 Å². The van der Waals surface area contributed by atoms with Gasteiger partial charge in [0.1, 0.15) is 16.5 Å². The van der Waals surface area contributed by atoms with E-state index in [0.717, 1.165) is 16.0 Å². The molecule has 0 saturated carbocycles. The minimum absolute atomic E-state index is 0. The van der Waals surface area contributed by atoms with E-state index in [1.165, 1.54) is 35.7 Å². The molecule has 0 aliphatic carbocycles. The second-order valence-electron chi connectivity index (χ2n) is 13.1. The van der Waals surface area contributed by atoms with E-state index in [-0.39, 0.29) is 48.2 Å². The van der Waals surface area contributed by atoms with Crippen LogP contribution in [0.3, 0.4) is 0 Å². The lowest BCUT2D eigenvalue weighted by Crippen LogP contribution is -2.27. The Morgan fingerprint density at radius 2 is 1.57 bits per heavy atom. The maximum absolute atomic E-state index is 14.9. The van der Waals surface area contributed by atoms with Crippen LogP contribution >= 0.6 is 23.7 Å². The highest BCUT2D eigenvalue weighted by Gasteiger charge is 2.26. The van der Waals surface area contributed by atoms with Crippen molar-refractivity contribution in [1.29, 1.82) is 0 Å². The van der Waals surface area contributed by atoms with E-state index in [9.17, 15) is 28.3 Å². The van der Waals surface area contributed by atoms with Crippen LogP contribution in [0.4, 0.5) is 14.5 Å². The summed E-state index contributed by atoms with van der Waals surface area (Å²) in [5.74, 6) is -2.61. The third kappa shape index (κ3) is 8.88. The van der Waals surface area contributed by atoms with E-state index in [0.29, 0.717) is 34.6 Å². The number of aromatic nitrogens is 1. The summed E-state index contributed by atoms with van der Waals surface area (Å²) < 4.78 is 31.4. The average Bonchev–Trinajstić information content (AvgIpc) is 3.39. The molecule has 0 atom stereocenters. The fourth-order valence-corrected chi connectivity index (χ4v) is 6.95. The molecule has 0 radical (unpaired) electrons. The Labute approximate surface area is 294 Å². The van der Waals surface area contributed by atoms with Crippen molar-refractivity contribution in [2.75, 3.05) is 12.4 Å². The van der Waals surface area contributed by atoms with Gasteiger partial charge in [0, 0.05) is 41.3 Å². The molecule has 49 heavy (non-hydrogen) atoms. The number of pyridine rings is 1. The number of nitrogens with zero attached hydrogens (tertiary/aromatic N) is 2. The number of benzene rings is 3. The average molecular weight is 708 g/mol. The highest BCUT2D eigenvalue weighted by Crippen LogP contribution is 2.39. The number of ketones is 1. The molecule has 1 amide bonds. The predicted molar refractivity (Wildman–Crippen MR) is 195 cm³/mol. The summed E-state index contributed by atoms with van der Waals surface area (Å²) in [5, 5.41) is 13.2. The number of carbonyl (C=O) groups excluding carboxylic acids is 2. The first kappa shape index (κ1) is 37.6. The number of Topliss-reactive ketones (excluding diaryl/α,β-unsaturated/α-hetero) is 1. The number of halogens is 3. The minimum Gasteiger partial charge on any atom is -0.390 e. The molecule has 3 aromatic carbocycles. The maximum atomic E-state index is 14.9. The van der Waals surface area contributed by atoms with E-state index >= 15 is 0 Å². The summed E-state index contributed by atoms with van der Waals surface area (Å²) in [7, 11) is 1.94. The molecule has 2 N–H and O–H groups in total. The van der Waals surface area contributed by atoms with Crippen LogP contribution in [0.15, 0.2) is 83.8 Å². The summed E-state index contributed by atoms with van der Waals surface area (Å²) in [6.07, 6.45) is 1.35. The van der Waals surface area contributed by atoms with Crippen molar-refractivity contribution in [1.82, 2.24) is 9.47 Å². The molecule has 258 valence electrons. The van der Waals surface area contributed by atoms with Gasteiger partial charge in [-0.25, -0.2) is 8.78 Å². The SMILES string of the molecule is CC(C)C(=O)c1cn(Cc2c(F)cccc2F)c2sc(-c3ccc(NC(=O)CC(C)(C)O)cc3)c(CN(C)Cc3ccccc3)c2c1=O.Cl. The molecule has 0 spiro atoms. The first-order chi connectivity index (χ1) is 22.7. The molecule has 7 nitrogen and oxygen atoms in total. The Morgan fingerprint density at radius 1 is 0.939 bits per heavy atom. The van der Waals surface area contributed by atoms with Gasteiger partial charge in [-0.1, -0.05) is 62.4 Å². The zero-order valence-corrected chi connectivity index (χ0v) is 29.7. The Balaban J connectivity index is 0.00000541. The molecule has 0 saturated heterocycles. The van der Waals surface area contributed by atoms with Crippen molar-refractivity contribution in [3.63, 3.8) is 0 Å². The van der Waals surface area contributed by atoms with Crippen molar-refractivity contribution < 1.29 is 23.5 Å². The number of anilines is 1. The van der Waals surface area contributed by atoms with Crippen LogP contribution in [-0.2, 0) is 24.4 Å². The zero-order valence-electron chi connectivity index (χ0n) is 28.1. The summed E-state index contributed by atoms with van der Waals surface area (Å²) in [6, 6.07) is 20.7. The number of thiophene rings is 1. The highest BCUT2D eigenvalue weighted by molar-refractivity contribution is 7.22. The Kier molecular flexibility index (Phi) is 11.9. The molecular formula is C38H40ClF2N3O4S. The molecule has 5 aromatic rings. The molecular weight excluding hydrogens is 668 g/mol. The second kappa shape index (κ2) is 15.6. The third-order valence-electron chi connectivity index (χ3n) is 7.93. The molecule has 2 aromatic heterocycles. The fraction of sp³-hybridized carbons (Fsp3) is 0.289. The van der Waals surface area contributed by atoms with Gasteiger partial charge in [0.2, 0.25) is 11.3 Å². The van der Waals surface area contributed by atoms with Gasteiger partial charge in [0.05, 0.1) is 29.5 Å². The summed E-state index contributed by atoms with van der Waals surface area (Å²) in [4.78, 5) is 43.4. The number of amides is 1. The molecule has 0 unspecified atom stereocenters. The monoisotopic (exact) mass is 707 g/mol. The summed E-state index contributed by atoms with van der Waals surface area (Å²) >= 11 is 1.31. The van der Waals surface area contributed by atoms with Crippen molar-refractivity contribution >= 4 is 51.3 Å². The van der Waals surface area contributed by atoms with Crippen LogP contribution in [0.2, 0.25) is 0 Å². The molecule has 0 bridgehead atoms. The van der Waals surface area contributed by atoms with E-state index < -0.39 is 28.6 Å². The molecule has 11 heteroatoms. The fourth-order valence-electron chi connectivity index (χ4n) is 5.66. The summed E-state index contributed by atoms with van der Waals surface area (Å²) in [5.41, 5.74) is 1.29. The van der Waals surface area contributed by atoms with E-state index in [4.69, 9.17) is 0 Å². The smallest absolute Gasteiger partial charge is 0.227 e. The Morgan fingerprint density at radius 3 is 2.16 bits per heavy atom. The first-order valence-electron chi connectivity index (χ1n) is 15.7. The highest BCUT2D eigenvalue weighted by atomic mass is 35.5. The van der Waals surface area contributed by atoms with E-state index in [2.05, 4.69) is 10.2 Å². The predicted octanol–water partition coefficient (Wildman–Crippen LogP) is 8.05. The van der Waals surface area contributed by atoms with Crippen LogP contribution in [0.1, 0.15) is 61.2 Å². The van der Waals surface area contributed by atoms with Crippen molar-refractivity contribution in [2.45, 2.75) is 59.4 Å². The number of nitrogens with one attached hydrogen (secondary N) is 1. The molecule has 0 aliphatic rings. The van der Waals surface area contributed by atoms with Crippen molar-refractivity contribution in [3.05, 3.63) is 123 Å². The van der Waals surface area contributed by atoms with Crippen LogP contribution in [-0.4, -0.2) is 38.9 Å². The minimum atomic E-state index is -1.16. The normalized spacial score (nSPS) is 11.6. The number of carbonyl (C=O) groups is 2. The van der Waals surface area contributed by atoms with Crippen LogP contribution < -0.4 is 10.7 Å². The van der Waals surface area contributed by atoms with Gasteiger partial charge in [0.15, 0.2) is 5.78 Å². The molecule has 0 fully saturated rings. The number of hydrogen-bond donors (Lipinski definition) is 2. The topological polar surface area (TPSA) is 91.6 Å². The molecule has 5 rings (SSSR count). The van der Waals surface area contributed by atoms with Gasteiger partial charge in [-0.2, -0.15) is 0 Å². The van der Waals surface area contributed by atoms with E-state index in [1.807, 2.05) is 49.5 Å². The largest absolute Gasteiger partial charge is 0.390 e. The lowest BCUT2D eigenvalue weighted by Gasteiger charge is -2.18. The number of fused-ring (bicyclic) bond motifs is 1. The van der Waals surface area contributed by atoms with Gasteiger partial charge >= 0.3 is 0 Å². The van der Waals surface area contributed by atoms with Gasteiger partial charge < -0.3 is 15.0 Å². The van der Waals surface area contributed by atoms with Crippen LogP contribution in [0.5, 0.6) is 0 Å². The lowest BCUT2D eigenvalue weighted by molar-refractivity contribution is -0.119. The summed E-state index contributed by atoms with van der Waals surface area (Å²) in [6.45, 7) is 7.25. The standard InChI is InChI=1S/C38H39F2N3O4S.ClH/c1-23(2)34(45)29-22-43(21-27-30(39)12-9-13-31(27)40)37-33(35(29)46)28(20-42(5)19-24-10-7-6-8-11-24)36(48-37)25-14-16-26(17-15-25)41-32(44)18-38(3,4)47;/h6-17,22-23,47H,18-21H2,1-5H3,(H,41,44);1H. The van der Waals surface area contributed by atoms with Gasteiger partial charge in [-0.05, 0) is 61.9 Å². The maximum Gasteiger partial charge on any atom is 0.227 e. The number of rotatable bonds is 12. The quantitative estimate of drug-likeness (QED) is 0.128. The van der Waals surface area contributed by atoms with Crippen LogP contribution in [0.25, 0.3) is 20.7 Å². The Bertz CT molecular complexity index is 2000. The number of hydrogen-bond acceptors (Lipinski definition) is 6. The Hall–Kier alpha value is -4.22. The third-order valence-corrected chi connectivity index (χ3v) is 9.25. The lowest BCUT2D eigenvalue weighted by atomic mass is 9.99. The van der Waals surface area contributed by atoms with Crippen molar-refractivity contribution in [2.24, 2.45) is 5.92 Å². The molecule has 2 heterocycles. The first-order valence-corrected chi connectivity index (χ1v) is 16.5. The zero-order chi connectivity index (χ0) is 34.7. The van der Waals surface area contributed by atoms with Gasteiger partial charge in [0.25, 0.3) is 0 Å². The molecule has 0 aliphatic heterocycles. The number of aliphatic hydroxyl groups is 1. The van der Waals surface area contributed by atoms with Gasteiger partial charge in [-0.3, -0.25) is 19.3 Å².